The van der Waals surface area contributed by atoms with Crippen LogP contribution in [0.15, 0.2) is 0 Å². The number of hydrogen-bond acceptors (Lipinski definition) is 3. The largest absolute Gasteiger partial charge is 0.321 e. The molecule has 0 bridgehead atoms. The number of carbonyl (C=O) groups is 1. The number of ketones is 1. The number of nitrogens with zero attached hydrogens (tertiary/aromatic N) is 2. The molecule has 0 saturated heterocycles. The van der Waals surface area contributed by atoms with E-state index in [0.717, 1.165) is 36.2 Å². The van der Waals surface area contributed by atoms with Gasteiger partial charge in [-0.2, -0.15) is 5.10 Å². The first-order chi connectivity index (χ1) is 7.11. The lowest BCUT2D eigenvalue weighted by Gasteiger charge is -2.11. The van der Waals surface area contributed by atoms with Crippen molar-refractivity contribution >= 4 is 5.78 Å². The fourth-order valence-corrected chi connectivity index (χ4v) is 2.21. The van der Waals surface area contributed by atoms with Crippen molar-refractivity contribution in [2.24, 2.45) is 12.8 Å². The van der Waals surface area contributed by atoms with Crippen molar-refractivity contribution in [3.63, 3.8) is 0 Å². The Hall–Kier alpha value is -1.16. The second kappa shape index (κ2) is 3.77. The van der Waals surface area contributed by atoms with Crippen LogP contribution in [0.1, 0.15) is 41.5 Å². The van der Waals surface area contributed by atoms with Gasteiger partial charge in [-0.15, -0.1) is 0 Å². The van der Waals surface area contributed by atoms with Crippen LogP contribution in [0, 0.1) is 0 Å². The monoisotopic (exact) mass is 207 g/mol. The van der Waals surface area contributed by atoms with E-state index in [-0.39, 0.29) is 5.78 Å². The summed E-state index contributed by atoms with van der Waals surface area (Å²) in [4.78, 5) is 11.9. The van der Waals surface area contributed by atoms with E-state index in [1.54, 1.807) is 11.6 Å². The number of fused-ring (bicyclic) bond motifs is 1. The third kappa shape index (κ3) is 1.69. The molecule has 1 unspecified atom stereocenters. The molecule has 0 aliphatic heterocycles. The molecule has 1 heterocycles. The van der Waals surface area contributed by atoms with E-state index < -0.39 is 6.04 Å². The highest BCUT2D eigenvalue weighted by atomic mass is 16.1. The molecule has 0 amide bonds. The standard InChI is InChI=1S/C11H17N3O/c1-7(12)11(15)10-8-5-3-4-6-9(8)13-14(10)2/h7H,3-6,12H2,1-2H3. The van der Waals surface area contributed by atoms with Crippen molar-refractivity contribution in [2.45, 2.75) is 38.6 Å². The molecule has 0 spiro atoms. The van der Waals surface area contributed by atoms with Crippen LogP contribution < -0.4 is 5.73 Å². The van der Waals surface area contributed by atoms with Gasteiger partial charge in [-0.25, -0.2) is 0 Å². The Morgan fingerprint density at radius 2 is 2.13 bits per heavy atom. The van der Waals surface area contributed by atoms with E-state index >= 15 is 0 Å². The lowest BCUT2D eigenvalue weighted by Crippen LogP contribution is -2.29. The van der Waals surface area contributed by atoms with Gasteiger partial charge in [0.2, 0.25) is 0 Å². The minimum atomic E-state index is -0.438. The number of rotatable bonds is 2. The molecule has 82 valence electrons. The van der Waals surface area contributed by atoms with Crippen molar-refractivity contribution in [3.8, 4) is 0 Å². The average molecular weight is 207 g/mol. The highest BCUT2D eigenvalue weighted by Crippen LogP contribution is 2.24. The van der Waals surface area contributed by atoms with Gasteiger partial charge < -0.3 is 5.73 Å². The van der Waals surface area contributed by atoms with Crippen LogP contribution in [0.25, 0.3) is 0 Å². The topological polar surface area (TPSA) is 60.9 Å². The van der Waals surface area contributed by atoms with Crippen molar-refractivity contribution in [1.29, 1.82) is 0 Å². The van der Waals surface area contributed by atoms with Gasteiger partial charge >= 0.3 is 0 Å². The Kier molecular flexibility index (Phi) is 2.61. The maximum absolute atomic E-state index is 11.9. The molecule has 4 heteroatoms. The van der Waals surface area contributed by atoms with Crippen molar-refractivity contribution in [2.75, 3.05) is 0 Å². The van der Waals surface area contributed by atoms with Gasteiger partial charge in [0.1, 0.15) is 5.69 Å². The number of aryl methyl sites for hydroxylation is 2. The molecular weight excluding hydrogens is 190 g/mol. The van der Waals surface area contributed by atoms with E-state index in [1.807, 2.05) is 7.05 Å². The van der Waals surface area contributed by atoms with Crippen LogP contribution in [-0.2, 0) is 19.9 Å². The molecular formula is C11H17N3O. The molecule has 1 aromatic heterocycles. The lowest BCUT2D eigenvalue weighted by atomic mass is 9.94. The van der Waals surface area contributed by atoms with E-state index in [9.17, 15) is 4.79 Å². The fourth-order valence-electron chi connectivity index (χ4n) is 2.21. The zero-order valence-corrected chi connectivity index (χ0v) is 9.29. The molecule has 4 nitrogen and oxygen atoms in total. The second-order valence-corrected chi connectivity index (χ2v) is 4.26. The molecule has 0 aromatic carbocycles. The number of carbonyl (C=O) groups excluding carboxylic acids is 1. The normalized spacial score (nSPS) is 17.3. The summed E-state index contributed by atoms with van der Waals surface area (Å²) < 4.78 is 1.70. The summed E-state index contributed by atoms with van der Waals surface area (Å²) in [5.41, 5.74) is 8.58. The van der Waals surface area contributed by atoms with Gasteiger partial charge in [0.05, 0.1) is 11.7 Å². The zero-order chi connectivity index (χ0) is 11.0. The smallest absolute Gasteiger partial charge is 0.197 e. The predicted octanol–water partition coefficient (Wildman–Crippen LogP) is 0.829. The first kappa shape index (κ1) is 10.4. The van der Waals surface area contributed by atoms with Gasteiger partial charge in [0, 0.05) is 12.6 Å². The summed E-state index contributed by atoms with van der Waals surface area (Å²) in [6, 6.07) is -0.438. The van der Waals surface area contributed by atoms with Crippen LogP contribution in [0.2, 0.25) is 0 Å². The third-order valence-electron chi connectivity index (χ3n) is 2.97. The molecule has 1 aromatic rings. The molecule has 1 aliphatic carbocycles. The van der Waals surface area contributed by atoms with Crippen LogP contribution in [-0.4, -0.2) is 21.6 Å². The number of aromatic nitrogens is 2. The van der Waals surface area contributed by atoms with Crippen molar-refractivity contribution in [1.82, 2.24) is 9.78 Å². The molecule has 2 rings (SSSR count). The molecule has 0 saturated carbocycles. The summed E-state index contributed by atoms with van der Waals surface area (Å²) in [6.07, 6.45) is 4.29. The summed E-state index contributed by atoms with van der Waals surface area (Å²) in [5, 5.41) is 4.39. The van der Waals surface area contributed by atoms with Crippen molar-refractivity contribution < 1.29 is 4.79 Å². The first-order valence-corrected chi connectivity index (χ1v) is 5.46. The highest BCUT2D eigenvalue weighted by molar-refractivity contribution is 5.99. The third-order valence-corrected chi connectivity index (χ3v) is 2.97. The Morgan fingerprint density at radius 3 is 2.80 bits per heavy atom. The Bertz CT molecular complexity index is 393. The minimum Gasteiger partial charge on any atom is -0.321 e. The number of hydrogen-bond donors (Lipinski definition) is 1. The molecule has 0 radical (unpaired) electrons. The van der Waals surface area contributed by atoms with Crippen LogP contribution in [0.3, 0.4) is 0 Å². The molecule has 1 atom stereocenters. The quantitative estimate of drug-likeness (QED) is 0.731. The van der Waals surface area contributed by atoms with E-state index in [4.69, 9.17) is 5.73 Å². The van der Waals surface area contributed by atoms with Crippen LogP contribution in [0.5, 0.6) is 0 Å². The minimum absolute atomic E-state index is 0.00755. The Labute approximate surface area is 89.5 Å². The second-order valence-electron chi connectivity index (χ2n) is 4.26. The molecule has 2 N–H and O–H groups in total. The van der Waals surface area contributed by atoms with Crippen LogP contribution >= 0.6 is 0 Å². The maximum Gasteiger partial charge on any atom is 0.197 e. The summed E-state index contributed by atoms with van der Waals surface area (Å²) in [6.45, 7) is 1.73. The van der Waals surface area contributed by atoms with Gasteiger partial charge in [-0.05, 0) is 32.6 Å². The number of nitrogens with two attached hydrogens (primary N) is 1. The zero-order valence-electron chi connectivity index (χ0n) is 9.29. The van der Waals surface area contributed by atoms with E-state index in [1.165, 1.54) is 6.42 Å². The average Bonchev–Trinajstić information content (AvgIpc) is 2.52. The summed E-state index contributed by atoms with van der Waals surface area (Å²) in [7, 11) is 1.83. The number of Topliss-reactive ketones (excluding diaryl/α,β-unsaturated/α-hetero) is 1. The molecule has 0 fully saturated rings. The first-order valence-electron chi connectivity index (χ1n) is 5.46. The summed E-state index contributed by atoms with van der Waals surface area (Å²) >= 11 is 0. The summed E-state index contributed by atoms with van der Waals surface area (Å²) in [5.74, 6) is 0.00755. The van der Waals surface area contributed by atoms with Gasteiger partial charge in [-0.3, -0.25) is 9.48 Å². The van der Waals surface area contributed by atoms with Crippen molar-refractivity contribution in [3.05, 3.63) is 17.0 Å². The maximum atomic E-state index is 11.9. The van der Waals surface area contributed by atoms with Crippen LogP contribution in [0.4, 0.5) is 0 Å². The lowest BCUT2D eigenvalue weighted by molar-refractivity contribution is 0.0957. The Morgan fingerprint density at radius 1 is 1.47 bits per heavy atom. The van der Waals surface area contributed by atoms with E-state index in [2.05, 4.69) is 5.10 Å². The van der Waals surface area contributed by atoms with Gasteiger partial charge in [0.25, 0.3) is 0 Å². The molecule has 15 heavy (non-hydrogen) atoms. The van der Waals surface area contributed by atoms with E-state index in [0.29, 0.717) is 0 Å². The SMILES string of the molecule is CC(N)C(=O)c1c2c(nn1C)CCCC2. The predicted molar refractivity (Wildman–Crippen MR) is 57.8 cm³/mol. The van der Waals surface area contributed by atoms with Gasteiger partial charge in [-0.1, -0.05) is 0 Å². The fraction of sp³-hybridized carbons (Fsp3) is 0.636. The highest BCUT2D eigenvalue weighted by Gasteiger charge is 2.25. The van der Waals surface area contributed by atoms with Gasteiger partial charge in [0.15, 0.2) is 5.78 Å². The molecule has 1 aliphatic rings. The Balaban J connectivity index is 2.46.